The van der Waals surface area contributed by atoms with Crippen LogP contribution >= 0.6 is 0 Å². The maximum absolute atomic E-state index is 9.39. The average Bonchev–Trinajstić information content (AvgIpc) is 2.31. The third-order valence-electron chi connectivity index (χ3n) is 1.73. The van der Waals surface area contributed by atoms with Gasteiger partial charge >= 0.3 is 0 Å². The lowest BCUT2D eigenvalue weighted by atomic mass is 10.1. The van der Waals surface area contributed by atoms with Crippen molar-refractivity contribution in [3.8, 4) is 0 Å². The topological polar surface area (TPSA) is 99.4 Å². The fraction of sp³-hybridized carbons (Fsp3) is 1.00. The van der Waals surface area contributed by atoms with E-state index >= 15 is 0 Å². The molecule has 3 atom stereocenters. The Balaban J connectivity index is 2.47. The van der Waals surface area contributed by atoms with Gasteiger partial charge in [0.2, 0.25) is 5.79 Å². The van der Waals surface area contributed by atoms with Crippen molar-refractivity contribution in [2.75, 3.05) is 20.0 Å². The molecule has 0 aliphatic carbocycles. The van der Waals surface area contributed by atoms with Gasteiger partial charge in [-0.25, -0.2) is 0 Å². The minimum Gasteiger partial charge on any atom is -0.388 e. The van der Waals surface area contributed by atoms with Crippen molar-refractivity contribution in [3.63, 3.8) is 0 Å². The fourth-order valence-electron chi connectivity index (χ4n) is 1.03. The molecule has 6 nitrogen and oxygen atoms in total. The Morgan fingerprint density at radius 1 is 1.50 bits per heavy atom. The molecule has 0 aromatic carbocycles. The van der Waals surface area contributed by atoms with Crippen molar-refractivity contribution in [2.45, 2.75) is 18.0 Å². The third-order valence-corrected chi connectivity index (χ3v) is 1.73. The largest absolute Gasteiger partial charge is 0.388 e. The summed E-state index contributed by atoms with van der Waals surface area (Å²) in [6, 6.07) is 0. The van der Waals surface area contributed by atoms with Crippen LogP contribution in [0.1, 0.15) is 0 Å². The van der Waals surface area contributed by atoms with Crippen molar-refractivity contribution in [3.05, 3.63) is 0 Å². The van der Waals surface area contributed by atoms with Crippen LogP contribution < -0.4 is 0 Å². The molecule has 1 heterocycles. The molecule has 6 heteroatoms. The van der Waals surface area contributed by atoms with Gasteiger partial charge in [-0.2, -0.15) is 0 Å². The maximum Gasteiger partial charge on any atom is 0.219 e. The number of aliphatic hydroxyl groups is 4. The van der Waals surface area contributed by atoms with E-state index in [0.717, 1.165) is 0 Å². The van der Waals surface area contributed by atoms with E-state index in [1.165, 1.54) is 0 Å². The van der Waals surface area contributed by atoms with E-state index in [1.807, 2.05) is 0 Å². The van der Waals surface area contributed by atoms with Crippen molar-refractivity contribution in [1.82, 2.24) is 0 Å². The van der Waals surface area contributed by atoms with E-state index in [1.54, 1.807) is 0 Å². The summed E-state index contributed by atoms with van der Waals surface area (Å²) < 4.78 is 9.14. The third kappa shape index (κ3) is 1.74. The van der Waals surface area contributed by atoms with Crippen LogP contribution in [0, 0.1) is 0 Å². The molecule has 0 radical (unpaired) electrons. The number of aliphatic hydroxyl groups excluding tert-OH is 3. The van der Waals surface area contributed by atoms with Crippen molar-refractivity contribution >= 4 is 0 Å². The van der Waals surface area contributed by atoms with Gasteiger partial charge in [-0.05, 0) is 0 Å². The predicted molar refractivity (Wildman–Crippen MR) is 36.0 cm³/mol. The normalized spacial score (nSPS) is 42.0. The zero-order valence-corrected chi connectivity index (χ0v) is 6.38. The molecule has 1 saturated heterocycles. The lowest BCUT2D eigenvalue weighted by Gasteiger charge is -2.24. The van der Waals surface area contributed by atoms with Gasteiger partial charge in [-0.15, -0.1) is 0 Å². The van der Waals surface area contributed by atoms with Crippen LogP contribution in [0.2, 0.25) is 0 Å². The Kier molecular flexibility index (Phi) is 2.99. The molecule has 72 valence electrons. The smallest absolute Gasteiger partial charge is 0.219 e. The monoisotopic (exact) mass is 180 g/mol. The Labute approximate surface area is 69.0 Å². The SMILES string of the molecule is OCOCC1(O)OCC(O)C1O. The highest BCUT2D eigenvalue weighted by Crippen LogP contribution is 2.23. The molecule has 0 aromatic heterocycles. The van der Waals surface area contributed by atoms with Crippen molar-refractivity contribution in [2.24, 2.45) is 0 Å². The minimum absolute atomic E-state index is 0.146. The Hall–Kier alpha value is -0.240. The fourth-order valence-corrected chi connectivity index (χ4v) is 1.03. The first-order valence-corrected chi connectivity index (χ1v) is 3.51. The standard InChI is InChI=1S/C6H12O6/c7-3-11-2-6(10)5(9)4(8)1-12-6/h4-5,7-10H,1-3H2. The second-order valence-corrected chi connectivity index (χ2v) is 2.65. The highest BCUT2D eigenvalue weighted by molar-refractivity contribution is 4.89. The summed E-state index contributed by atoms with van der Waals surface area (Å²) >= 11 is 0. The van der Waals surface area contributed by atoms with Gasteiger partial charge in [-0.3, -0.25) is 0 Å². The highest BCUT2D eigenvalue weighted by Gasteiger charge is 2.47. The molecule has 0 aromatic rings. The summed E-state index contributed by atoms with van der Waals surface area (Å²) in [5.74, 6) is -1.90. The van der Waals surface area contributed by atoms with Gasteiger partial charge < -0.3 is 29.9 Å². The van der Waals surface area contributed by atoms with Crippen molar-refractivity contribution in [1.29, 1.82) is 0 Å². The molecule has 0 bridgehead atoms. The van der Waals surface area contributed by atoms with E-state index in [9.17, 15) is 5.11 Å². The van der Waals surface area contributed by atoms with Crippen LogP contribution in [-0.4, -0.2) is 58.4 Å². The predicted octanol–water partition coefficient (Wildman–Crippen LogP) is -2.61. The maximum atomic E-state index is 9.39. The van der Waals surface area contributed by atoms with Crippen LogP contribution in [-0.2, 0) is 9.47 Å². The summed E-state index contributed by atoms with van der Waals surface area (Å²) in [5.41, 5.74) is 0. The molecule has 1 aliphatic heterocycles. The van der Waals surface area contributed by atoms with E-state index in [2.05, 4.69) is 9.47 Å². The van der Waals surface area contributed by atoms with Crippen LogP contribution in [0.3, 0.4) is 0 Å². The van der Waals surface area contributed by atoms with Gasteiger partial charge in [0.25, 0.3) is 0 Å². The Bertz CT molecular complexity index is 151. The summed E-state index contributed by atoms with van der Waals surface area (Å²) in [7, 11) is 0. The summed E-state index contributed by atoms with van der Waals surface area (Å²) in [6.45, 7) is -1.09. The molecule has 0 saturated carbocycles. The van der Waals surface area contributed by atoms with Crippen LogP contribution in [0.25, 0.3) is 0 Å². The zero-order valence-electron chi connectivity index (χ0n) is 6.38. The molecule has 1 rings (SSSR count). The van der Waals surface area contributed by atoms with Crippen molar-refractivity contribution < 1.29 is 29.9 Å². The molecular weight excluding hydrogens is 168 g/mol. The second-order valence-electron chi connectivity index (χ2n) is 2.65. The van der Waals surface area contributed by atoms with E-state index in [4.69, 9.17) is 15.3 Å². The van der Waals surface area contributed by atoms with Gasteiger partial charge in [0.05, 0.1) is 6.61 Å². The average molecular weight is 180 g/mol. The summed E-state index contributed by atoms with van der Waals surface area (Å²) in [4.78, 5) is 0. The molecule has 1 aliphatic rings. The number of rotatable bonds is 3. The number of ether oxygens (including phenoxy) is 2. The van der Waals surface area contributed by atoms with Gasteiger partial charge in [-0.1, -0.05) is 0 Å². The number of hydrogen-bond acceptors (Lipinski definition) is 6. The van der Waals surface area contributed by atoms with E-state index in [-0.39, 0.29) is 13.2 Å². The lowest BCUT2D eigenvalue weighted by molar-refractivity contribution is -0.250. The van der Waals surface area contributed by atoms with Crippen LogP contribution in [0.5, 0.6) is 0 Å². The highest BCUT2D eigenvalue weighted by atomic mass is 16.7. The van der Waals surface area contributed by atoms with E-state index in [0.29, 0.717) is 0 Å². The molecule has 1 fully saturated rings. The van der Waals surface area contributed by atoms with Gasteiger partial charge in [0.15, 0.2) is 0 Å². The molecule has 12 heavy (non-hydrogen) atoms. The first-order chi connectivity index (χ1) is 5.60. The molecule has 0 spiro atoms. The summed E-state index contributed by atoms with van der Waals surface area (Å²) in [5, 5.41) is 35.8. The number of hydrogen-bond donors (Lipinski definition) is 4. The molecular formula is C6H12O6. The quantitative estimate of drug-likeness (QED) is 0.355. The van der Waals surface area contributed by atoms with Crippen LogP contribution in [0.15, 0.2) is 0 Å². The molecule has 3 unspecified atom stereocenters. The van der Waals surface area contributed by atoms with Gasteiger partial charge in [0, 0.05) is 0 Å². The minimum atomic E-state index is -1.90. The second kappa shape index (κ2) is 3.65. The van der Waals surface area contributed by atoms with Gasteiger partial charge in [0.1, 0.15) is 25.6 Å². The Morgan fingerprint density at radius 3 is 2.58 bits per heavy atom. The van der Waals surface area contributed by atoms with Crippen LogP contribution in [0.4, 0.5) is 0 Å². The van der Waals surface area contributed by atoms with E-state index < -0.39 is 24.8 Å². The Morgan fingerprint density at radius 2 is 2.17 bits per heavy atom. The molecule has 4 N–H and O–H groups in total. The lowest BCUT2D eigenvalue weighted by Crippen LogP contribution is -2.46. The zero-order chi connectivity index (χ0) is 9.19. The molecule has 0 amide bonds. The summed E-state index contributed by atoms with van der Waals surface area (Å²) in [6.07, 6.45) is -2.51. The first kappa shape index (κ1) is 9.85. The first-order valence-electron chi connectivity index (χ1n) is 3.51.